The Balaban J connectivity index is 1.66. The molecule has 3 aromatic rings. The number of fused-ring (bicyclic) bond motifs is 1. The molecule has 0 atom stereocenters. The number of amides is 1. The lowest BCUT2D eigenvalue weighted by Gasteiger charge is -2.11. The Morgan fingerprint density at radius 1 is 1.41 bits per heavy atom. The molecule has 1 N–H and O–H groups in total. The van der Waals surface area contributed by atoms with Gasteiger partial charge in [-0.15, -0.1) is 0 Å². The van der Waals surface area contributed by atoms with Crippen molar-refractivity contribution in [2.24, 2.45) is 0 Å². The van der Waals surface area contributed by atoms with Gasteiger partial charge in [-0.3, -0.25) is 4.79 Å². The average molecular weight is 378 g/mol. The van der Waals surface area contributed by atoms with Crippen LogP contribution in [0.1, 0.15) is 41.5 Å². The summed E-state index contributed by atoms with van der Waals surface area (Å²) in [6.45, 7) is 1.47. The Morgan fingerprint density at radius 3 is 2.81 bits per heavy atom. The van der Waals surface area contributed by atoms with E-state index in [1.807, 2.05) is 0 Å². The fraction of sp³-hybridized carbons (Fsp3) is 0.389. The molecule has 0 saturated heterocycles. The van der Waals surface area contributed by atoms with Crippen LogP contribution in [-0.4, -0.2) is 20.7 Å². The second-order valence-corrected chi connectivity index (χ2v) is 6.66. The van der Waals surface area contributed by atoms with Crippen molar-refractivity contribution in [3.63, 3.8) is 0 Å². The fourth-order valence-corrected chi connectivity index (χ4v) is 3.09. The van der Waals surface area contributed by atoms with Gasteiger partial charge in [0.1, 0.15) is 12.3 Å². The molecule has 3 heterocycles. The van der Waals surface area contributed by atoms with Crippen molar-refractivity contribution in [1.29, 1.82) is 0 Å². The summed E-state index contributed by atoms with van der Waals surface area (Å²) in [5, 5.41) is 6.75. The Labute approximate surface area is 152 Å². The summed E-state index contributed by atoms with van der Waals surface area (Å²) in [5.41, 5.74) is -0.0375. The molecule has 27 heavy (non-hydrogen) atoms. The third-order valence-electron chi connectivity index (χ3n) is 4.53. The van der Waals surface area contributed by atoms with Gasteiger partial charge in [-0.1, -0.05) is 0 Å². The molecule has 0 radical (unpaired) electrons. The normalized spacial score (nSPS) is 14.7. The minimum atomic E-state index is -4.51. The second-order valence-electron chi connectivity index (χ2n) is 6.66. The van der Waals surface area contributed by atoms with Crippen LogP contribution < -0.4 is 5.32 Å². The van der Waals surface area contributed by atoms with Crippen LogP contribution in [0, 0.1) is 6.92 Å². The highest BCUT2D eigenvalue weighted by Crippen LogP contribution is 2.43. The molecule has 1 aliphatic carbocycles. The number of carbonyl (C=O) groups is 1. The van der Waals surface area contributed by atoms with Gasteiger partial charge in [0.05, 0.1) is 29.5 Å². The SMILES string of the molecule is Cc1nn(CC(=O)NCc2ccco2)c2nc(C3CC3)cc(C(F)(F)F)c12. The molecule has 3 aromatic heterocycles. The topological polar surface area (TPSA) is 73.0 Å². The van der Waals surface area contributed by atoms with Crippen molar-refractivity contribution in [3.05, 3.63) is 47.2 Å². The van der Waals surface area contributed by atoms with E-state index in [-0.39, 0.29) is 41.6 Å². The molecule has 1 aliphatic rings. The van der Waals surface area contributed by atoms with Gasteiger partial charge in [0, 0.05) is 11.6 Å². The van der Waals surface area contributed by atoms with Gasteiger partial charge in [-0.05, 0) is 38.0 Å². The number of alkyl halides is 3. The number of halogens is 3. The number of aromatic nitrogens is 3. The standard InChI is InChI=1S/C18H17F3N4O2/c1-10-16-13(18(19,20)21)7-14(11-4-5-11)23-17(16)25(24-10)9-15(26)22-8-12-3-2-6-27-12/h2-3,6-7,11H,4-5,8-9H2,1H3,(H,22,26). The molecular formula is C18H17F3N4O2. The van der Waals surface area contributed by atoms with Crippen LogP contribution in [0.15, 0.2) is 28.9 Å². The molecular weight excluding hydrogens is 361 g/mol. The van der Waals surface area contributed by atoms with Gasteiger partial charge in [0.25, 0.3) is 0 Å². The van der Waals surface area contributed by atoms with Crippen LogP contribution in [0.4, 0.5) is 13.2 Å². The number of nitrogens with one attached hydrogen (secondary N) is 1. The molecule has 1 saturated carbocycles. The molecule has 0 unspecified atom stereocenters. The van der Waals surface area contributed by atoms with Crippen molar-refractivity contribution in [1.82, 2.24) is 20.1 Å². The number of furan rings is 1. The molecule has 6 nitrogen and oxygen atoms in total. The fourth-order valence-electron chi connectivity index (χ4n) is 3.09. The highest BCUT2D eigenvalue weighted by atomic mass is 19.4. The first-order valence-corrected chi connectivity index (χ1v) is 8.57. The number of hydrogen-bond acceptors (Lipinski definition) is 4. The first-order valence-electron chi connectivity index (χ1n) is 8.57. The Morgan fingerprint density at radius 2 is 2.19 bits per heavy atom. The lowest BCUT2D eigenvalue weighted by molar-refractivity contribution is -0.136. The van der Waals surface area contributed by atoms with Gasteiger partial charge in [-0.25, -0.2) is 9.67 Å². The van der Waals surface area contributed by atoms with Crippen LogP contribution in [0.2, 0.25) is 0 Å². The van der Waals surface area contributed by atoms with E-state index in [2.05, 4.69) is 15.4 Å². The van der Waals surface area contributed by atoms with Gasteiger partial charge < -0.3 is 9.73 Å². The predicted molar refractivity (Wildman–Crippen MR) is 89.8 cm³/mol. The van der Waals surface area contributed by atoms with E-state index in [0.29, 0.717) is 11.5 Å². The summed E-state index contributed by atoms with van der Waals surface area (Å²) in [4.78, 5) is 16.6. The quantitative estimate of drug-likeness (QED) is 0.737. The van der Waals surface area contributed by atoms with E-state index >= 15 is 0 Å². The van der Waals surface area contributed by atoms with Crippen molar-refractivity contribution >= 4 is 16.9 Å². The second kappa shape index (κ2) is 6.40. The Kier molecular flexibility index (Phi) is 4.16. The smallest absolute Gasteiger partial charge is 0.417 e. The maximum absolute atomic E-state index is 13.6. The number of nitrogens with zero attached hydrogens (tertiary/aromatic N) is 3. The summed E-state index contributed by atoms with van der Waals surface area (Å²) in [7, 11) is 0. The minimum Gasteiger partial charge on any atom is -0.467 e. The predicted octanol–water partition coefficient (Wildman–Crippen LogP) is 3.55. The van der Waals surface area contributed by atoms with Gasteiger partial charge in [-0.2, -0.15) is 18.3 Å². The lowest BCUT2D eigenvalue weighted by atomic mass is 10.1. The average Bonchev–Trinajstić information content (AvgIpc) is 3.24. The summed E-state index contributed by atoms with van der Waals surface area (Å²) in [6, 6.07) is 4.54. The van der Waals surface area contributed by atoms with Crippen LogP contribution in [-0.2, 0) is 24.1 Å². The third-order valence-corrected chi connectivity index (χ3v) is 4.53. The number of carbonyl (C=O) groups excluding carboxylic acids is 1. The first kappa shape index (κ1) is 17.6. The Bertz CT molecular complexity index is 988. The summed E-state index contributed by atoms with van der Waals surface area (Å²) >= 11 is 0. The zero-order valence-corrected chi connectivity index (χ0v) is 14.5. The van der Waals surface area contributed by atoms with Gasteiger partial charge in [0.2, 0.25) is 5.91 Å². The van der Waals surface area contributed by atoms with E-state index in [4.69, 9.17) is 4.42 Å². The molecule has 1 amide bonds. The van der Waals surface area contributed by atoms with Crippen molar-refractivity contribution in [2.45, 2.75) is 44.9 Å². The summed E-state index contributed by atoms with van der Waals surface area (Å²) in [5.74, 6) is 0.244. The largest absolute Gasteiger partial charge is 0.467 e. The third kappa shape index (κ3) is 3.54. The molecule has 0 aromatic carbocycles. The summed E-state index contributed by atoms with van der Waals surface area (Å²) < 4.78 is 47.0. The maximum Gasteiger partial charge on any atom is 0.417 e. The Hall–Kier alpha value is -2.84. The molecule has 142 valence electrons. The van der Waals surface area contributed by atoms with E-state index in [1.165, 1.54) is 17.9 Å². The van der Waals surface area contributed by atoms with Crippen LogP contribution in [0.25, 0.3) is 11.0 Å². The molecule has 4 rings (SSSR count). The monoisotopic (exact) mass is 378 g/mol. The van der Waals surface area contributed by atoms with E-state index in [1.54, 1.807) is 12.1 Å². The first-order chi connectivity index (χ1) is 12.8. The highest BCUT2D eigenvalue weighted by molar-refractivity contribution is 5.85. The van der Waals surface area contributed by atoms with Crippen molar-refractivity contribution < 1.29 is 22.4 Å². The van der Waals surface area contributed by atoms with E-state index < -0.39 is 11.7 Å². The molecule has 0 aliphatic heterocycles. The van der Waals surface area contributed by atoms with Crippen molar-refractivity contribution in [2.75, 3.05) is 0 Å². The highest BCUT2D eigenvalue weighted by Gasteiger charge is 2.37. The summed E-state index contributed by atoms with van der Waals surface area (Å²) in [6.07, 6.45) is -1.36. The zero-order valence-electron chi connectivity index (χ0n) is 14.5. The molecule has 1 fully saturated rings. The number of rotatable bonds is 5. The van der Waals surface area contributed by atoms with Crippen LogP contribution in [0.3, 0.4) is 0 Å². The number of hydrogen-bond donors (Lipinski definition) is 1. The number of pyridine rings is 1. The van der Waals surface area contributed by atoms with Crippen molar-refractivity contribution in [3.8, 4) is 0 Å². The molecule has 0 bridgehead atoms. The molecule has 0 spiro atoms. The molecule has 9 heteroatoms. The van der Waals surface area contributed by atoms with Gasteiger partial charge >= 0.3 is 6.18 Å². The van der Waals surface area contributed by atoms with Gasteiger partial charge in [0.15, 0.2) is 5.65 Å². The lowest BCUT2D eigenvalue weighted by Crippen LogP contribution is -2.27. The maximum atomic E-state index is 13.6. The van der Waals surface area contributed by atoms with E-state index in [0.717, 1.165) is 18.9 Å². The van der Waals surface area contributed by atoms with Crippen LogP contribution >= 0.6 is 0 Å². The van der Waals surface area contributed by atoms with E-state index in [9.17, 15) is 18.0 Å². The number of aryl methyl sites for hydroxylation is 1. The zero-order chi connectivity index (χ0) is 19.2. The minimum absolute atomic E-state index is 0.0481. The van der Waals surface area contributed by atoms with Crippen LogP contribution in [0.5, 0.6) is 0 Å².